The molecule has 6 heteroatoms. The second kappa shape index (κ2) is 12.2. The van der Waals surface area contributed by atoms with E-state index < -0.39 is 6.10 Å². The van der Waals surface area contributed by atoms with E-state index in [1.807, 2.05) is 30.3 Å². The van der Waals surface area contributed by atoms with Gasteiger partial charge in [0.05, 0.1) is 25.9 Å². The Morgan fingerprint density at radius 1 is 1.31 bits per heavy atom. The summed E-state index contributed by atoms with van der Waals surface area (Å²) >= 11 is 2.05. The van der Waals surface area contributed by atoms with Gasteiger partial charge in [-0.1, -0.05) is 37.3 Å². The van der Waals surface area contributed by atoms with E-state index in [1.54, 1.807) is 0 Å². The Kier molecular flexibility index (Phi) is 9.89. The van der Waals surface area contributed by atoms with Crippen LogP contribution < -0.4 is 10.6 Å². The van der Waals surface area contributed by atoms with Crippen LogP contribution in [0.4, 0.5) is 0 Å². The predicted molar refractivity (Wildman–Crippen MR) is 111 cm³/mol. The fourth-order valence-electron chi connectivity index (χ4n) is 3.11. The number of benzene rings is 1. The molecule has 1 saturated carbocycles. The average Bonchev–Trinajstić information content (AvgIpc) is 3.08. The van der Waals surface area contributed by atoms with Crippen LogP contribution in [0, 0.1) is 0 Å². The first kappa shape index (κ1) is 21.1. The van der Waals surface area contributed by atoms with E-state index in [4.69, 9.17) is 4.74 Å². The van der Waals surface area contributed by atoms with Crippen LogP contribution in [0.2, 0.25) is 0 Å². The number of guanidine groups is 1. The molecule has 26 heavy (non-hydrogen) atoms. The molecule has 0 heterocycles. The fourth-order valence-corrected chi connectivity index (χ4v) is 4.25. The van der Waals surface area contributed by atoms with Gasteiger partial charge < -0.3 is 20.5 Å². The van der Waals surface area contributed by atoms with Crippen LogP contribution in [-0.4, -0.2) is 53.9 Å². The molecule has 3 unspecified atom stereocenters. The maximum absolute atomic E-state index is 10.1. The Hall–Kier alpha value is -1.24. The highest BCUT2D eigenvalue weighted by Crippen LogP contribution is 2.29. The van der Waals surface area contributed by atoms with E-state index in [9.17, 15) is 5.11 Å². The summed E-state index contributed by atoms with van der Waals surface area (Å²) in [5, 5.41) is 17.7. The number of aliphatic hydroxyl groups is 1. The normalized spacial score (nSPS) is 21.6. The van der Waals surface area contributed by atoms with E-state index in [0.717, 1.165) is 23.3 Å². The number of aliphatic hydroxyl groups excluding tert-OH is 1. The highest BCUT2D eigenvalue weighted by Gasteiger charge is 2.25. The number of aliphatic imine (C=N–C) groups is 1. The molecule has 146 valence electrons. The largest absolute Gasteiger partial charge is 0.389 e. The fraction of sp³-hybridized carbons (Fsp3) is 0.650. The molecule has 2 rings (SSSR count). The van der Waals surface area contributed by atoms with Crippen molar-refractivity contribution in [2.75, 3.05) is 25.4 Å². The number of hydrogen-bond acceptors (Lipinski definition) is 4. The molecular weight excluding hydrogens is 346 g/mol. The number of nitrogens with one attached hydrogen (secondary N) is 2. The molecule has 0 aliphatic heterocycles. The third-order valence-electron chi connectivity index (χ3n) is 4.35. The molecule has 3 N–H and O–H groups in total. The maximum atomic E-state index is 10.1. The first-order valence-electron chi connectivity index (χ1n) is 9.67. The van der Waals surface area contributed by atoms with Crippen molar-refractivity contribution in [3.63, 3.8) is 0 Å². The lowest BCUT2D eigenvalue weighted by molar-refractivity contribution is 0.0331. The number of hydrogen-bond donors (Lipinski definition) is 3. The van der Waals surface area contributed by atoms with Gasteiger partial charge in [0.2, 0.25) is 0 Å². The van der Waals surface area contributed by atoms with E-state index in [0.29, 0.717) is 19.2 Å². The molecule has 0 radical (unpaired) electrons. The third-order valence-corrected chi connectivity index (χ3v) is 5.59. The topological polar surface area (TPSA) is 65.9 Å². The van der Waals surface area contributed by atoms with Gasteiger partial charge in [0, 0.05) is 17.8 Å². The van der Waals surface area contributed by atoms with Crippen molar-refractivity contribution >= 4 is 17.7 Å². The standard InChI is InChI=1S/C20H33N3O2S/c1-3-21-20(23-17-10-11-19(12-17)26-4-2)22-13-18(24)15-25-14-16-8-6-5-7-9-16/h5-9,17-19,24H,3-4,10-15H2,1-2H3,(H2,21,22,23). The first-order valence-corrected chi connectivity index (χ1v) is 10.7. The van der Waals surface area contributed by atoms with Gasteiger partial charge in [-0.15, -0.1) is 0 Å². The minimum absolute atomic E-state index is 0.288. The van der Waals surface area contributed by atoms with Crippen molar-refractivity contribution in [1.29, 1.82) is 0 Å². The molecule has 1 aliphatic carbocycles. The summed E-state index contributed by atoms with van der Waals surface area (Å²) in [6.45, 7) is 6.23. The van der Waals surface area contributed by atoms with E-state index in [1.165, 1.54) is 25.0 Å². The van der Waals surface area contributed by atoms with Crippen molar-refractivity contribution in [3.05, 3.63) is 35.9 Å². The van der Waals surface area contributed by atoms with Crippen LogP contribution in [-0.2, 0) is 11.3 Å². The predicted octanol–water partition coefficient (Wildman–Crippen LogP) is 2.79. The molecule has 1 aromatic carbocycles. The van der Waals surface area contributed by atoms with Crippen LogP contribution in [0.25, 0.3) is 0 Å². The van der Waals surface area contributed by atoms with Gasteiger partial charge >= 0.3 is 0 Å². The summed E-state index contributed by atoms with van der Waals surface area (Å²) in [5.41, 5.74) is 1.11. The van der Waals surface area contributed by atoms with Crippen LogP contribution in [0.3, 0.4) is 0 Å². The smallest absolute Gasteiger partial charge is 0.191 e. The zero-order valence-corrected chi connectivity index (χ0v) is 16.8. The zero-order chi connectivity index (χ0) is 18.6. The molecule has 1 aliphatic rings. The number of thioether (sulfide) groups is 1. The Labute approximate surface area is 162 Å². The second-order valence-corrected chi connectivity index (χ2v) is 8.18. The van der Waals surface area contributed by atoms with E-state index in [-0.39, 0.29) is 6.61 Å². The number of ether oxygens (including phenoxy) is 1. The van der Waals surface area contributed by atoms with Gasteiger partial charge in [-0.25, -0.2) is 0 Å². The van der Waals surface area contributed by atoms with Gasteiger partial charge in [-0.3, -0.25) is 4.99 Å². The molecule has 0 amide bonds. The average molecular weight is 380 g/mol. The van der Waals surface area contributed by atoms with Crippen LogP contribution in [0.1, 0.15) is 38.7 Å². The summed E-state index contributed by atoms with van der Waals surface area (Å²) in [4.78, 5) is 4.53. The van der Waals surface area contributed by atoms with Crippen LogP contribution in [0.15, 0.2) is 35.3 Å². The molecule has 5 nitrogen and oxygen atoms in total. The lowest BCUT2D eigenvalue weighted by atomic mass is 10.2. The van der Waals surface area contributed by atoms with Crippen molar-refractivity contribution in [2.45, 2.75) is 57.1 Å². The molecule has 3 atom stereocenters. The Balaban J connectivity index is 1.71. The van der Waals surface area contributed by atoms with Crippen molar-refractivity contribution in [3.8, 4) is 0 Å². The molecule has 0 saturated heterocycles. The van der Waals surface area contributed by atoms with Gasteiger partial charge in [0.1, 0.15) is 0 Å². The minimum atomic E-state index is -0.596. The first-order chi connectivity index (χ1) is 12.7. The summed E-state index contributed by atoms with van der Waals surface area (Å²) in [6, 6.07) is 10.5. The molecule has 0 aromatic heterocycles. The summed E-state index contributed by atoms with van der Waals surface area (Å²) in [7, 11) is 0. The van der Waals surface area contributed by atoms with Gasteiger partial charge in [-0.05, 0) is 37.5 Å². The van der Waals surface area contributed by atoms with Gasteiger partial charge in [0.15, 0.2) is 5.96 Å². The highest BCUT2D eigenvalue weighted by atomic mass is 32.2. The molecular formula is C20H33N3O2S. The molecule has 0 spiro atoms. The minimum Gasteiger partial charge on any atom is -0.389 e. The van der Waals surface area contributed by atoms with Crippen molar-refractivity contribution < 1.29 is 9.84 Å². The zero-order valence-electron chi connectivity index (χ0n) is 16.0. The second-order valence-electron chi connectivity index (χ2n) is 6.61. The molecule has 0 bridgehead atoms. The Morgan fingerprint density at radius 3 is 2.85 bits per heavy atom. The van der Waals surface area contributed by atoms with Crippen molar-refractivity contribution in [2.24, 2.45) is 4.99 Å². The summed E-state index contributed by atoms with van der Waals surface area (Å²) in [5.74, 6) is 1.97. The molecule has 1 aromatic rings. The Bertz CT molecular complexity index is 527. The number of nitrogens with zero attached hydrogens (tertiary/aromatic N) is 1. The van der Waals surface area contributed by atoms with Crippen molar-refractivity contribution in [1.82, 2.24) is 10.6 Å². The van der Waals surface area contributed by atoms with Gasteiger partial charge in [-0.2, -0.15) is 11.8 Å². The SMILES string of the molecule is CCNC(=NCC(O)COCc1ccccc1)NC1CCC(SCC)C1. The van der Waals surface area contributed by atoms with Crippen LogP contribution in [0.5, 0.6) is 0 Å². The lowest BCUT2D eigenvalue weighted by Gasteiger charge is -2.18. The molecule has 1 fully saturated rings. The quantitative estimate of drug-likeness (QED) is 0.431. The Morgan fingerprint density at radius 2 is 2.12 bits per heavy atom. The number of rotatable bonds is 10. The van der Waals surface area contributed by atoms with E-state index >= 15 is 0 Å². The maximum Gasteiger partial charge on any atom is 0.191 e. The highest BCUT2D eigenvalue weighted by molar-refractivity contribution is 7.99. The van der Waals surface area contributed by atoms with Crippen LogP contribution >= 0.6 is 11.8 Å². The summed E-state index contributed by atoms with van der Waals surface area (Å²) in [6.07, 6.45) is 3.04. The monoisotopic (exact) mass is 379 g/mol. The summed E-state index contributed by atoms with van der Waals surface area (Å²) < 4.78 is 5.59. The lowest BCUT2D eigenvalue weighted by Crippen LogP contribution is -2.43. The van der Waals surface area contributed by atoms with Gasteiger partial charge in [0.25, 0.3) is 0 Å². The van der Waals surface area contributed by atoms with E-state index in [2.05, 4.69) is 41.2 Å². The third kappa shape index (κ3) is 7.98.